The molecule has 26 heavy (non-hydrogen) atoms. The summed E-state index contributed by atoms with van der Waals surface area (Å²) in [6, 6.07) is 4.66. The molecule has 0 bridgehead atoms. The predicted molar refractivity (Wildman–Crippen MR) is 87.7 cm³/mol. The summed E-state index contributed by atoms with van der Waals surface area (Å²) >= 11 is 0. The van der Waals surface area contributed by atoms with Crippen LogP contribution in [0.25, 0.3) is 0 Å². The monoisotopic (exact) mass is 395 g/mol. The van der Waals surface area contributed by atoms with Crippen LogP contribution < -0.4 is 4.74 Å². The first-order valence-corrected chi connectivity index (χ1v) is 9.17. The third-order valence-corrected chi connectivity index (χ3v) is 5.86. The summed E-state index contributed by atoms with van der Waals surface area (Å²) in [5.74, 6) is -0.911. The number of carbonyl (C=O) groups excluding carboxylic acids is 1. The molecule has 0 saturated carbocycles. The van der Waals surface area contributed by atoms with Crippen molar-refractivity contribution in [2.75, 3.05) is 46.9 Å². The van der Waals surface area contributed by atoms with Crippen LogP contribution in [0, 0.1) is 0 Å². The number of rotatable bonds is 5. The Bertz CT molecular complexity index is 745. The van der Waals surface area contributed by atoms with Gasteiger partial charge in [-0.25, -0.2) is 0 Å². The van der Waals surface area contributed by atoms with Gasteiger partial charge in [0.05, 0.1) is 5.56 Å². The Morgan fingerprint density at radius 3 is 2.27 bits per heavy atom. The zero-order valence-electron chi connectivity index (χ0n) is 14.4. The third kappa shape index (κ3) is 4.65. The molecule has 2 rings (SSSR count). The van der Waals surface area contributed by atoms with E-state index < -0.39 is 40.2 Å². The molecule has 0 radical (unpaired) electrons. The number of hydrogen-bond donors (Lipinski definition) is 0. The largest absolute Gasteiger partial charge is 0.483 e. The molecule has 0 unspecified atom stereocenters. The van der Waals surface area contributed by atoms with Crippen molar-refractivity contribution in [2.24, 2.45) is 0 Å². The molecule has 0 N–H and O–H groups in total. The second kappa shape index (κ2) is 7.80. The van der Waals surface area contributed by atoms with Crippen molar-refractivity contribution in [3.63, 3.8) is 0 Å². The molecule has 0 aliphatic carbocycles. The molecule has 146 valence electrons. The van der Waals surface area contributed by atoms with Crippen LogP contribution in [0.5, 0.6) is 5.75 Å². The third-order valence-electron chi connectivity index (χ3n) is 3.92. The summed E-state index contributed by atoms with van der Waals surface area (Å²) in [7, 11) is -0.723. The van der Waals surface area contributed by atoms with Gasteiger partial charge in [0.2, 0.25) is 0 Å². The van der Waals surface area contributed by atoms with E-state index in [4.69, 9.17) is 4.74 Å². The number of amides is 1. The van der Waals surface area contributed by atoms with Crippen LogP contribution >= 0.6 is 0 Å². The average molecular weight is 395 g/mol. The minimum Gasteiger partial charge on any atom is -0.483 e. The number of alkyl halides is 3. The lowest BCUT2D eigenvalue weighted by atomic mass is 10.2. The fraction of sp³-hybridized carbons (Fsp3) is 0.533. The number of piperazine rings is 1. The summed E-state index contributed by atoms with van der Waals surface area (Å²) < 4.78 is 70.2. The molecule has 1 aromatic rings. The number of nitrogens with zero attached hydrogens (tertiary/aromatic N) is 3. The van der Waals surface area contributed by atoms with E-state index in [-0.39, 0.29) is 26.2 Å². The number of para-hydroxylation sites is 1. The van der Waals surface area contributed by atoms with Crippen LogP contribution in [0.1, 0.15) is 5.56 Å². The van der Waals surface area contributed by atoms with Crippen LogP contribution in [-0.2, 0) is 21.2 Å². The Labute approximate surface area is 150 Å². The first-order chi connectivity index (χ1) is 12.0. The summed E-state index contributed by atoms with van der Waals surface area (Å²) in [5.41, 5.74) is -0.949. The lowest BCUT2D eigenvalue weighted by molar-refractivity contribution is -0.141. The second-order valence-electron chi connectivity index (χ2n) is 5.85. The Morgan fingerprint density at radius 2 is 1.73 bits per heavy atom. The van der Waals surface area contributed by atoms with Gasteiger partial charge in [0.1, 0.15) is 5.75 Å². The highest BCUT2D eigenvalue weighted by Crippen LogP contribution is 2.35. The first-order valence-electron chi connectivity index (χ1n) is 7.78. The fourth-order valence-electron chi connectivity index (χ4n) is 2.46. The van der Waals surface area contributed by atoms with Crippen molar-refractivity contribution >= 4 is 16.1 Å². The maximum Gasteiger partial charge on any atom is 0.419 e. The van der Waals surface area contributed by atoms with Crippen molar-refractivity contribution in [3.8, 4) is 5.75 Å². The van der Waals surface area contributed by atoms with Crippen LogP contribution in [0.4, 0.5) is 13.2 Å². The van der Waals surface area contributed by atoms with E-state index in [0.29, 0.717) is 0 Å². The maximum atomic E-state index is 12.9. The predicted octanol–water partition coefficient (Wildman–Crippen LogP) is 1.03. The molecular formula is C15H20F3N3O4S. The summed E-state index contributed by atoms with van der Waals surface area (Å²) in [4.78, 5) is 13.5. The minimum atomic E-state index is -4.58. The van der Waals surface area contributed by atoms with Gasteiger partial charge in [-0.1, -0.05) is 12.1 Å². The van der Waals surface area contributed by atoms with Gasteiger partial charge in [-0.15, -0.1) is 0 Å². The van der Waals surface area contributed by atoms with Gasteiger partial charge in [-0.3, -0.25) is 4.79 Å². The maximum absolute atomic E-state index is 12.9. The molecule has 1 fully saturated rings. The van der Waals surface area contributed by atoms with Crippen molar-refractivity contribution in [2.45, 2.75) is 6.18 Å². The standard InChI is InChI=1S/C15H20F3N3O4S/c1-19(2)26(23,24)21-9-7-20(8-10-21)14(22)11-25-13-6-4-3-5-12(13)15(16,17)18/h3-6H,7-11H2,1-2H3. The summed E-state index contributed by atoms with van der Waals surface area (Å²) in [5, 5.41) is 0. The van der Waals surface area contributed by atoms with Crippen molar-refractivity contribution in [1.29, 1.82) is 0 Å². The van der Waals surface area contributed by atoms with Gasteiger partial charge in [0, 0.05) is 40.3 Å². The van der Waals surface area contributed by atoms with E-state index in [0.717, 1.165) is 16.4 Å². The van der Waals surface area contributed by atoms with Gasteiger partial charge in [0.25, 0.3) is 16.1 Å². The van der Waals surface area contributed by atoms with Gasteiger partial charge in [0.15, 0.2) is 6.61 Å². The second-order valence-corrected chi connectivity index (χ2v) is 7.99. The molecule has 1 saturated heterocycles. The van der Waals surface area contributed by atoms with Crippen LogP contribution in [0.3, 0.4) is 0 Å². The Balaban J connectivity index is 1.93. The number of ether oxygens (including phenoxy) is 1. The van der Waals surface area contributed by atoms with Crippen molar-refractivity contribution in [3.05, 3.63) is 29.8 Å². The van der Waals surface area contributed by atoms with E-state index in [1.54, 1.807) is 0 Å². The molecule has 11 heteroatoms. The molecule has 1 amide bonds. The first kappa shape index (κ1) is 20.5. The van der Waals surface area contributed by atoms with Gasteiger partial charge < -0.3 is 9.64 Å². The highest BCUT2D eigenvalue weighted by atomic mass is 32.2. The molecular weight excluding hydrogens is 375 g/mol. The Morgan fingerprint density at radius 1 is 1.15 bits per heavy atom. The molecule has 0 aromatic heterocycles. The minimum absolute atomic E-state index is 0.116. The molecule has 1 aliphatic rings. The molecule has 0 spiro atoms. The average Bonchev–Trinajstić information content (AvgIpc) is 2.59. The van der Waals surface area contributed by atoms with Crippen molar-refractivity contribution < 1.29 is 31.1 Å². The number of benzene rings is 1. The Hall–Kier alpha value is -1.85. The summed E-state index contributed by atoms with van der Waals surface area (Å²) in [6.07, 6.45) is -4.58. The molecule has 0 atom stereocenters. The van der Waals surface area contributed by atoms with E-state index in [9.17, 15) is 26.4 Å². The lowest BCUT2D eigenvalue weighted by Crippen LogP contribution is -2.53. The summed E-state index contributed by atoms with van der Waals surface area (Å²) in [6.45, 7) is -0.0172. The molecule has 7 nitrogen and oxygen atoms in total. The molecule has 1 aromatic carbocycles. The van der Waals surface area contributed by atoms with Crippen LogP contribution in [0.2, 0.25) is 0 Å². The number of halogens is 3. The number of hydrogen-bond acceptors (Lipinski definition) is 4. The Kier molecular flexibility index (Phi) is 6.14. The topological polar surface area (TPSA) is 70.2 Å². The van der Waals surface area contributed by atoms with E-state index >= 15 is 0 Å². The normalized spacial score (nSPS) is 16.8. The SMILES string of the molecule is CN(C)S(=O)(=O)N1CCN(C(=O)COc2ccccc2C(F)(F)F)CC1. The highest BCUT2D eigenvalue weighted by Gasteiger charge is 2.34. The zero-order chi connectivity index (χ0) is 19.5. The van der Waals surface area contributed by atoms with Gasteiger partial charge >= 0.3 is 6.18 Å². The highest BCUT2D eigenvalue weighted by molar-refractivity contribution is 7.86. The zero-order valence-corrected chi connectivity index (χ0v) is 15.2. The smallest absolute Gasteiger partial charge is 0.419 e. The molecule has 1 aliphatic heterocycles. The van der Waals surface area contributed by atoms with Gasteiger partial charge in [-0.05, 0) is 12.1 Å². The quantitative estimate of drug-likeness (QED) is 0.747. The van der Waals surface area contributed by atoms with Gasteiger partial charge in [-0.2, -0.15) is 30.2 Å². The van der Waals surface area contributed by atoms with E-state index in [2.05, 4.69) is 0 Å². The lowest BCUT2D eigenvalue weighted by Gasteiger charge is -2.35. The molecule has 1 heterocycles. The van der Waals surface area contributed by atoms with E-state index in [1.165, 1.54) is 35.4 Å². The van der Waals surface area contributed by atoms with Crippen LogP contribution in [0.15, 0.2) is 24.3 Å². The fourth-order valence-corrected chi connectivity index (χ4v) is 3.54. The van der Waals surface area contributed by atoms with Crippen LogP contribution in [-0.4, -0.2) is 74.7 Å². The number of carbonyl (C=O) groups is 1. The van der Waals surface area contributed by atoms with Crippen molar-refractivity contribution in [1.82, 2.24) is 13.5 Å². The van der Waals surface area contributed by atoms with E-state index in [1.807, 2.05) is 0 Å².